The molecule has 0 radical (unpaired) electrons. The molecule has 0 saturated carbocycles. The summed E-state index contributed by atoms with van der Waals surface area (Å²) in [6.45, 7) is 5.65. The molecule has 0 fully saturated rings. The summed E-state index contributed by atoms with van der Waals surface area (Å²) >= 11 is 0. The van der Waals surface area contributed by atoms with Crippen molar-refractivity contribution in [3.05, 3.63) is 53.3 Å². The van der Waals surface area contributed by atoms with Crippen LogP contribution in [0.15, 0.2) is 36.4 Å². The molecule has 2 rings (SSSR count). The van der Waals surface area contributed by atoms with Crippen LogP contribution in [0.1, 0.15) is 23.4 Å². The Kier molecular flexibility index (Phi) is 5.64. The molecule has 0 saturated heterocycles. The largest absolute Gasteiger partial charge is 0.497 e. The van der Waals surface area contributed by atoms with Crippen LogP contribution in [0, 0.1) is 13.8 Å². The Bertz CT molecular complexity index is 595. The van der Waals surface area contributed by atoms with Gasteiger partial charge in [0.25, 0.3) is 0 Å². The van der Waals surface area contributed by atoms with Gasteiger partial charge in [-0.15, -0.1) is 0 Å². The molecule has 22 heavy (non-hydrogen) atoms. The summed E-state index contributed by atoms with van der Waals surface area (Å²) in [5.41, 5.74) is 3.60. The number of amides is 1. The highest BCUT2D eigenvalue weighted by atomic mass is 16.5. The molecule has 2 aromatic rings. The second-order valence-corrected chi connectivity index (χ2v) is 5.47. The van der Waals surface area contributed by atoms with Crippen LogP contribution < -0.4 is 10.1 Å². The van der Waals surface area contributed by atoms with Crippen molar-refractivity contribution in [1.29, 1.82) is 0 Å². The molecule has 0 aliphatic heterocycles. The third-order valence-electron chi connectivity index (χ3n) is 3.87. The molecule has 1 N–H and O–H groups in total. The van der Waals surface area contributed by atoms with Gasteiger partial charge in [-0.2, -0.15) is 0 Å². The minimum absolute atomic E-state index is 0.0956. The first-order valence-corrected chi connectivity index (χ1v) is 7.62. The van der Waals surface area contributed by atoms with Crippen molar-refractivity contribution in [2.75, 3.05) is 13.7 Å². The monoisotopic (exact) mass is 300 g/mol. The number of carbonyl (C=O) groups is 1. The number of aromatic nitrogens is 1. The van der Waals surface area contributed by atoms with E-state index < -0.39 is 0 Å². The minimum Gasteiger partial charge on any atom is -0.497 e. The standard InChI is InChI=1S/C18H24N2O2/c1-14-4-5-15(2)20(14)13-12-19-18(21)11-8-16-6-9-17(22-3)10-7-16/h4-7,9-10H,8,11-13H2,1-3H3,(H,19,21). The number of methoxy groups -OCH3 is 1. The summed E-state index contributed by atoms with van der Waals surface area (Å²) in [7, 11) is 1.65. The van der Waals surface area contributed by atoms with Gasteiger partial charge in [0.2, 0.25) is 5.91 Å². The predicted octanol–water partition coefficient (Wildman–Crippen LogP) is 2.86. The fraction of sp³-hybridized carbons (Fsp3) is 0.389. The SMILES string of the molecule is COc1ccc(CCC(=O)NCCn2c(C)ccc2C)cc1. The number of aryl methyl sites for hydroxylation is 3. The van der Waals surface area contributed by atoms with Gasteiger partial charge in [0.1, 0.15) is 5.75 Å². The number of rotatable bonds is 7. The molecule has 4 heteroatoms. The second-order valence-electron chi connectivity index (χ2n) is 5.47. The molecule has 0 atom stereocenters. The van der Waals surface area contributed by atoms with E-state index in [1.54, 1.807) is 7.11 Å². The van der Waals surface area contributed by atoms with E-state index >= 15 is 0 Å². The predicted molar refractivity (Wildman–Crippen MR) is 88.2 cm³/mol. The van der Waals surface area contributed by atoms with Gasteiger partial charge in [-0.1, -0.05) is 12.1 Å². The number of benzene rings is 1. The van der Waals surface area contributed by atoms with Gasteiger partial charge in [0.15, 0.2) is 0 Å². The zero-order chi connectivity index (χ0) is 15.9. The lowest BCUT2D eigenvalue weighted by Crippen LogP contribution is -2.27. The summed E-state index contributed by atoms with van der Waals surface area (Å²) in [6.07, 6.45) is 1.26. The number of carbonyl (C=O) groups excluding carboxylic acids is 1. The molecule has 0 spiro atoms. The Hall–Kier alpha value is -2.23. The molecule has 4 nitrogen and oxygen atoms in total. The maximum Gasteiger partial charge on any atom is 0.220 e. The molecule has 118 valence electrons. The highest BCUT2D eigenvalue weighted by Crippen LogP contribution is 2.12. The Morgan fingerprint density at radius 1 is 1.09 bits per heavy atom. The van der Waals surface area contributed by atoms with Crippen molar-refractivity contribution in [1.82, 2.24) is 9.88 Å². The van der Waals surface area contributed by atoms with Crippen LogP contribution in [-0.2, 0) is 17.8 Å². The molecule has 1 heterocycles. The number of hydrogen-bond donors (Lipinski definition) is 1. The van der Waals surface area contributed by atoms with E-state index in [2.05, 4.69) is 35.9 Å². The number of nitrogens with zero attached hydrogens (tertiary/aromatic N) is 1. The fourth-order valence-corrected chi connectivity index (χ4v) is 2.50. The van der Waals surface area contributed by atoms with Crippen molar-refractivity contribution in [3.63, 3.8) is 0 Å². The summed E-state index contributed by atoms with van der Waals surface area (Å²) in [5.74, 6) is 0.934. The van der Waals surface area contributed by atoms with E-state index in [0.717, 1.165) is 24.3 Å². The zero-order valence-corrected chi connectivity index (χ0v) is 13.6. The molecular weight excluding hydrogens is 276 g/mol. The number of hydrogen-bond acceptors (Lipinski definition) is 2. The molecule has 1 amide bonds. The van der Waals surface area contributed by atoms with Crippen LogP contribution in [0.25, 0.3) is 0 Å². The summed E-state index contributed by atoms with van der Waals surface area (Å²) in [6, 6.07) is 12.0. The van der Waals surface area contributed by atoms with Gasteiger partial charge < -0.3 is 14.6 Å². The van der Waals surface area contributed by atoms with Crippen LogP contribution in [0.4, 0.5) is 0 Å². The molecule has 0 bridgehead atoms. The van der Waals surface area contributed by atoms with E-state index in [-0.39, 0.29) is 5.91 Å². The van der Waals surface area contributed by atoms with Crippen molar-refractivity contribution < 1.29 is 9.53 Å². The highest BCUT2D eigenvalue weighted by Gasteiger charge is 2.04. The summed E-state index contributed by atoms with van der Waals surface area (Å²) in [4.78, 5) is 11.9. The molecule has 1 aromatic heterocycles. The van der Waals surface area contributed by atoms with Gasteiger partial charge in [-0.05, 0) is 50.1 Å². The van der Waals surface area contributed by atoms with Gasteiger partial charge in [-0.3, -0.25) is 4.79 Å². The van der Waals surface area contributed by atoms with E-state index in [4.69, 9.17) is 4.74 Å². The summed E-state index contributed by atoms with van der Waals surface area (Å²) < 4.78 is 7.33. The lowest BCUT2D eigenvalue weighted by molar-refractivity contribution is -0.121. The maximum absolute atomic E-state index is 11.9. The quantitative estimate of drug-likeness (QED) is 0.854. The van der Waals surface area contributed by atoms with Gasteiger partial charge in [0, 0.05) is 30.9 Å². The Labute approximate surface area is 132 Å². The van der Waals surface area contributed by atoms with E-state index in [1.165, 1.54) is 11.4 Å². The van der Waals surface area contributed by atoms with Crippen LogP contribution in [0.5, 0.6) is 5.75 Å². The van der Waals surface area contributed by atoms with Crippen LogP contribution in [0.3, 0.4) is 0 Å². The van der Waals surface area contributed by atoms with Gasteiger partial charge in [0.05, 0.1) is 7.11 Å². The molecule has 0 aliphatic carbocycles. The Morgan fingerprint density at radius 3 is 2.32 bits per heavy atom. The van der Waals surface area contributed by atoms with E-state index in [9.17, 15) is 4.79 Å². The summed E-state index contributed by atoms with van der Waals surface area (Å²) in [5, 5.41) is 2.98. The topological polar surface area (TPSA) is 43.3 Å². The van der Waals surface area contributed by atoms with Crippen molar-refractivity contribution in [2.24, 2.45) is 0 Å². The average molecular weight is 300 g/mol. The van der Waals surface area contributed by atoms with Crippen molar-refractivity contribution in [2.45, 2.75) is 33.2 Å². The normalized spacial score (nSPS) is 10.5. The van der Waals surface area contributed by atoms with Crippen LogP contribution >= 0.6 is 0 Å². The first-order valence-electron chi connectivity index (χ1n) is 7.62. The van der Waals surface area contributed by atoms with Gasteiger partial charge in [-0.25, -0.2) is 0 Å². The fourth-order valence-electron chi connectivity index (χ4n) is 2.50. The van der Waals surface area contributed by atoms with E-state index in [0.29, 0.717) is 13.0 Å². The Balaban J connectivity index is 1.71. The third kappa shape index (κ3) is 4.38. The Morgan fingerprint density at radius 2 is 1.73 bits per heavy atom. The van der Waals surface area contributed by atoms with E-state index in [1.807, 2.05) is 24.3 Å². The van der Waals surface area contributed by atoms with Crippen LogP contribution in [-0.4, -0.2) is 24.1 Å². The average Bonchev–Trinajstić information content (AvgIpc) is 2.85. The maximum atomic E-state index is 11.9. The van der Waals surface area contributed by atoms with Crippen molar-refractivity contribution >= 4 is 5.91 Å². The first kappa shape index (κ1) is 16.1. The van der Waals surface area contributed by atoms with Gasteiger partial charge >= 0.3 is 0 Å². The first-order chi connectivity index (χ1) is 10.6. The third-order valence-corrected chi connectivity index (χ3v) is 3.87. The molecule has 0 unspecified atom stereocenters. The second kappa shape index (κ2) is 7.69. The molecule has 1 aromatic carbocycles. The number of nitrogens with one attached hydrogen (secondary N) is 1. The van der Waals surface area contributed by atoms with Crippen molar-refractivity contribution in [3.8, 4) is 5.75 Å². The lowest BCUT2D eigenvalue weighted by atomic mass is 10.1. The van der Waals surface area contributed by atoms with Crippen LogP contribution in [0.2, 0.25) is 0 Å². The highest BCUT2D eigenvalue weighted by molar-refractivity contribution is 5.76. The lowest BCUT2D eigenvalue weighted by Gasteiger charge is -2.10. The molecule has 0 aliphatic rings. The minimum atomic E-state index is 0.0956. The number of ether oxygens (including phenoxy) is 1. The molecular formula is C18H24N2O2. The smallest absolute Gasteiger partial charge is 0.220 e. The zero-order valence-electron chi connectivity index (χ0n) is 13.6.